The molecule has 2 N–H and O–H groups in total. The summed E-state index contributed by atoms with van der Waals surface area (Å²) >= 11 is 1.48. The smallest absolute Gasteiger partial charge is 0.256 e. The van der Waals surface area contributed by atoms with Crippen molar-refractivity contribution in [2.45, 2.75) is 45.6 Å². The lowest BCUT2D eigenvalue weighted by atomic mass is 9.92. The number of carbonyl (C=O) groups excluding carboxylic acids is 2. The van der Waals surface area contributed by atoms with E-state index in [-0.39, 0.29) is 11.8 Å². The second-order valence-corrected chi connectivity index (χ2v) is 10.2. The Morgan fingerprint density at radius 1 is 1.06 bits per heavy atom. The maximum absolute atomic E-state index is 13.2. The largest absolute Gasteiger partial charge is 0.390 e. The average molecular weight is 469 g/mol. The number of nitrogen functional groups attached to an aromatic ring is 1. The van der Waals surface area contributed by atoms with Crippen LogP contribution in [0.1, 0.15) is 49.9 Å². The maximum atomic E-state index is 13.2. The molecule has 0 aliphatic carbocycles. The molecule has 33 heavy (non-hydrogen) atoms. The summed E-state index contributed by atoms with van der Waals surface area (Å²) < 4.78 is 0. The number of thiophene rings is 1. The molecule has 1 aromatic carbocycles. The van der Waals surface area contributed by atoms with Crippen molar-refractivity contribution in [1.29, 1.82) is 0 Å². The molecule has 1 aromatic heterocycles. The van der Waals surface area contributed by atoms with E-state index in [1.165, 1.54) is 11.3 Å². The number of likely N-dealkylation sites (tertiary alicyclic amines) is 2. The SMILES string of the molecule is CCN(CC)C(=O)C1CCCN(C2CCN(C(=O)c3cc(-c4ccccc4)sc3N)CC2)C1. The van der Waals surface area contributed by atoms with Gasteiger partial charge in [0, 0.05) is 43.6 Å². The molecule has 4 rings (SSSR count). The summed E-state index contributed by atoms with van der Waals surface area (Å²) in [5.74, 6) is 0.456. The zero-order valence-electron chi connectivity index (χ0n) is 19.8. The van der Waals surface area contributed by atoms with Gasteiger partial charge in [-0.25, -0.2) is 0 Å². The molecule has 2 fully saturated rings. The minimum absolute atomic E-state index is 0.0395. The Morgan fingerprint density at radius 2 is 1.76 bits per heavy atom. The number of nitrogens with zero attached hydrogens (tertiary/aromatic N) is 3. The number of hydrogen-bond donors (Lipinski definition) is 1. The Hall–Kier alpha value is -2.38. The van der Waals surface area contributed by atoms with Crippen molar-refractivity contribution in [2.75, 3.05) is 45.0 Å². The molecule has 3 heterocycles. The van der Waals surface area contributed by atoms with Crippen LogP contribution >= 0.6 is 11.3 Å². The van der Waals surface area contributed by atoms with Crippen LogP contribution in [0.15, 0.2) is 36.4 Å². The molecule has 2 saturated heterocycles. The third-order valence-corrected chi connectivity index (χ3v) is 8.21. The predicted octanol–water partition coefficient (Wildman–Crippen LogP) is 4.18. The third-order valence-electron chi connectivity index (χ3n) is 7.19. The molecular formula is C26H36N4O2S. The van der Waals surface area contributed by atoms with Crippen molar-refractivity contribution < 1.29 is 9.59 Å². The molecule has 0 bridgehead atoms. The number of amides is 2. The first-order chi connectivity index (χ1) is 16.0. The number of benzene rings is 1. The second-order valence-electron chi connectivity index (χ2n) is 9.12. The summed E-state index contributed by atoms with van der Waals surface area (Å²) in [5.41, 5.74) is 7.96. The zero-order chi connectivity index (χ0) is 23.4. The summed E-state index contributed by atoms with van der Waals surface area (Å²) in [6.07, 6.45) is 3.97. The van der Waals surface area contributed by atoms with Gasteiger partial charge in [0.15, 0.2) is 0 Å². The third kappa shape index (κ3) is 5.25. The Morgan fingerprint density at radius 3 is 2.42 bits per heavy atom. The molecule has 1 atom stereocenters. The van der Waals surface area contributed by atoms with E-state index >= 15 is 0 Å². The molecule has 6 nitrogen and oxygen atoms in total. The van der Waals surface area contributed by atoms with Crippen LogP contribution in [0.4, 0.5) is 5.00 Å². The highest BCUT2D eigenvalue weighted by molar-refractivity contribution is 7.19. The van der Waals surface area contributed by atoms with E-state index < -0.39 is 0 Å². The van der Waals surface area contributed by atoms with E-state index in [1.807, 2.05) is 46.2 Å². The number of rotatable bonds is 6. The van der Waals surface area contributed by atoms with E-state index in [1.54, 1.807) is 0 Å². The average Bonchev–Trinajstić information content (AvgIpc) is 3.26. The number of piperidine rings is 2. The van der Waals surface area contributed by atoms with Gasteiger partial charge in [-0.05, 0) is 57.7 Å². The van der Waals surface area contributed by atoms with E-state index in [0.29, 0.717) is 22.5 Å². The van der Waals surface area contributed by atoms with Crippen molar-refractivity contribution in [2.24, 2.45) is 5.92 Å². The zero-order valence-corrected chi connectivity index (χ0v) is 20.7. The Bertz CT molecular complexity index is 948. The van der Waals surface area contributed by atoms with Crippen LogP contribution in [0.25, 0.3) is 10.4 Å². The summed E-state index contributed by atoms with van der Waals surface area (Å²) in [7, 11) is 0. The molecule has 7 heteroatoms. The molecule has 2 amide bonds. The van der Waals surface area contributed by atoms with E-state index in [2.05, 4.69) is 18.7 Å². The Balaban J connectivity index is 1.35. The maximum Gasteiger partial charge on any atom is 0.256 e. The lowest BCUT2D eigenvalue weighted by Crippen LogP contribution is -2.52. The lowest BCUT2D eigenvalue weighted by Gasteiger charge is -2.42. The molecule has 2 aliphatic rings. The number of nitrogens with two attached hydrogens (primary N) is 1. The Labute approximate surface area is 201 Å². The number of anilines is 1. The molecule has 178 valence electrons. The summed E-state index contributed by atoms with van der Waals surface area (Å²) in [6, 6.07) is 12.5. The lowest BCUT2D eigenvalue weighted by molar-refractivity contribution is -0.137. The first-order valence-corrected chi connectivity index (χ1v) is 13.1. The van der Waals surface area contributed by atoms with Crippen molar-refractivity contribution in [3.63, 3.8) is 0 Å². The molecule has 0 radical (unpaired) electrons. The fourth-order valence-corrected chi connectivity index (χ4v) is 6.18. The first kappa shape index (κ1) is 23.8. The molecular weight excluding hydrogens is 432 g/mol. The molecule has 2 aliphatic heterocycles. The van der Waals surface area contributed by atoms with Crippen molar-refractivity contribution >= 4 is 28.2 Å². The first-order valence-electron chi connectivity index (χ1n) is 12.3. The topological polar surface area (TPSA) is 69.9 Å². The fraction of sp³-hybridized carbons (Fsp3) is 0.538. The second kappa shape index (κ2) is 10.7. The highest BCUT2D eigenvalue weighted by Crippen LogP contribution is 2.34. The van der Waals surface area contributed by atoms with Gasteiger partial charge in [0.2, 0.25) is 5.91 Å². The monoisotopic (exact) mass is 468 g/mol. The van der Waals surface area contributed by atoms with Gasteiger partial charge < -0.3 is 15.5 Å². The van der Waals surface area contributed by atoms with Crippen LogP contribution < -0.4 is 5.73 Å². The van der Waals surface area contributed by atoms with E-state index in [0.717, 1.165) is 75.4 Å². The summed E-state index contributed by atoms with van der Waals surface area (Å²) in [6.45, 7) is 9.06. The van der Waals surface area contributed by atoms with Crippen LogP contribution in [0, 0.1) is 5.92 Å². The quantitative estimate of drug-likeness (QED) is 0.690. The summed E-state index contributed by atoms with van der Waals surface area (Å²) in [4.78, 5) is 33.5. The molecule has 1 unspecified atom stereocenters. The standard InChI is InChI=1S/C26H36N4O2S/c1-3-28(4-2)25(31)20-11-8-14-30(18-20)21-12-15-29(16-13-21)26(32)22-17-23(33-24(22)27)19-9-6-5-7-10-19/h5-7,9-10,17,20-21H,3-4,8,11-16,18,27H2,1-2H3. The molecule has 0 spiro atoms. The predicted molar refractivity (Wildman–Crippen MR) is 135 cm³/mol. The van der Waals surface area contributed by atoms with Gasteiger partial charge >= 0.3 is 0 Å². The highest BCUT2D eigenvalue weighted by Gasteiger charge is 2.34. The van der Waals surface area contributed by atoms with E-state index in [4.69, 9.17) is 5.73 Å². The van der Waals surface area contributed by atoms with Gasteiger partial charge in [0.25, 0.3) is 5.91 Å². The normalized spacial score (nSPS) is 20.1. The van der Waals surface area contributed by atoms with Gasteiger partial charge in [0.05, 0.1) is 16.5 Å². The van der Waals surface area contributed by atoms with E-state index in [9.17, 15) is 9.59 Å². The number of carbonyl (C=O) groups is 2. The van der Waals surface area contributed by atoms with Gasteiger partial charge in [-0.1, -0.05) is 30.3 Å². The van der Waals surface area contributed by atoms with Gasteiger partial charge in [-0.15, -0.1) is 11.3 Å². The number of hydrogen-bond acceptors (Lipinski definition) is 5. The minimum atomic E-state index is 0.0395. The van der Waals surface area contributed by atoms with Crippen molar-refractivity contribution in [3.8, 4) is 10.4 Å². The van der Waals surface area contributed by atoms with Crippen LogP contribution in [0.2, 0.25) is 0 Å². The van der Waals surface area contributed by atoms with Crippen LogP contribution in [-0.4, -0.2) is 71.8 Å². The van der Waals surface area contributed by atoms with Crippen LogP contribution in [0.3, 0.4) is 0 Å². The van der Waals surface area contributed by atoms with Gasteiger partial charge in [-0.3, -0.25) is 14.5 Å². The van der Waals surface area contributed by atoms with Crippen molar-refractivity contribution in [3.05, 3.63) is 42.0 Å². The van der Waals surface area contributed by atoms with Crippen molar-refractivity contribution in [1.82, 2.24) is 14.7 Å². The Kier molecular flexibility index (Phi) is 7.71. The fourth-order valence-electron chi connectivity index (χ4n) is 5.25. The molecule has 0 saturated carbocycles. The highest BCUT2D eigenvalue weighted by atomic mass is 32.1. The van der Waals surface area contributed by atoms with Crippen LogP contribution in [-0.2, 0) is 4.79 Å². The van der Waals surface area contributed by atoms with Gasteiger partial charge in [0.1, 0.15) is 0 Å². The van der Waals surface area contributed by atoms with Gasteiger partial charge in [-0.2, -0.15) is 0 Å². The van der Waals surface area contributed by atoms with Crippen LogP contribution in [0.5, 0.6) is 0 Å². The summed E-state index contributed by atoms with van der Waals surface area (Å²) in [5, 5.41) is 0.592. The minimum Gasteiger partial charge on any atom is -0.390 e. The molecule has 2 aromatic rings.